The molecular formula is C14H16N2O3S. The second-order valence-corrected chi connectivity index (χ2v) is 6.13. The van der Waals surface area contributed by atoms with E-state index in [0.29, 0.717) is 5.39 Å². The van der Waals surface area contributed by atoms with Crippen LogP contribution in [-0.2, 0) is 22.4 Å². The number of methoxy groups -OCH3 is 1. The molecule has 0 saturated carbocycles. The maximum atomic E-state index is 12.6. The summed E-state index contributed by atoms with van der Waals surface area (Å²) >= 11 is 1.61. The van der Waals surface area contributed by atoms with Crippen LogP contribution in [0.2, 0.25) is 0 Å². The number of nitrogens with zero attached hydrogens (tertiary/aromatic N) is 2. The Balaban J connectivity index is 2.20. The molecule has 0 aromatic carbocycles. The van der Waals surface area contributed by atoms with Crippen molar-refractivity contribution in [2.75, 3.05) is 7.11 Å². The number of thiophene rings is 1. The predicted molar refractivity (Wildman–Crippen MR) is 77.2 cm³/mol. The molecule has 2 aromatic heterocycles. The van der Waals surface area contributed by atoms with E-state index in [1.54, 1.807) is 18.3 Å². The molecule has 0 saturated heterocycles. The Hall–Kier alpha value is -1.69. The summed E-state index contributed by atoms with van der Waals surface area (Å²) in [6, 6.07) is -0.649. The van der Waals surface area contributed by atoms with Crippen molar-refractivity contribution in [2.24, 2.45) is 0 Å². The lowest BCUT2D eigenvalue weighted by Gasteiger charge is -2.13. The van der Waals surface area contributed by atoms with Gasteiger partial charge in [0.1, 0.15) is 10.9 Å². The monoisotopic (exact) mass is 292 g/mol. The maximum absolute atomic E-state index is 12.6. The molecule has 1 aliphatic rings. The van der Waals surface area contributed by atoms with Gasteiger partial charge in [0.25, 0.3) is 5.56 Å². The largest absolute Gasteiger partial charge is 0.467 e. The average Bonchev–Trinajstić information content (AvgIpc) is 2.85. The lowest BCUT2D eigenvalue weighted by Crippen LogP contribution is -2.29. The first-order chi connectivity index (χ1) is 9.63. The standard InChI is InChI=1S/C14H16N2O3S/c1-8(14(18)19-2)16-7-15-12-11(13(16)17)9-5-3-4-6-10(9)20-12/h7-8H,3-6H2,1-2H3/t8-/m1/s1. The molecule has 0 bridgehead atoms. The molecule has 2 aromatic rings. The van der Waals surface area contributed by atoms with Crippen LogP contribution in [0.15, 0.2) is 11.1 Å². The molecule has 2 heterocycles. The third kappa shape index (κ3) is 1.95. The van der Waals surface area contributed by atoms with E-state index < -0.39 is 12.0 Å². The van der Waals surface area contributed by atoms with Crippen LogP contribution in [-0.4, -0.2) is 22.6 Å². The fourth-order valence-corrected chi connectivity index (χ4v) is 3.94. The van der Waals surface area contributed by atoms with Crippen LogP contribution in [0.4, 0.5) is 0 Å². The van der Waals surface area contributed by atoms with E-state index in [9.17, 15) is 9.59 Å². The van der Waals surface area contributed by atoms with Gasteiger partial charge in [-0.15, -0.1) is 11.3 Å². The molecule has 5 nitrogen and oxygen atoms in total. The minimum absolute atomic E-state index is 0.132. The van der Waals surface area contributed by atoms with Crippen molar-refractivity contribution in [3.63, 3.8) is 0 Å². The van der Waals surface area contributed by atoms with Gasteiger partial charge in [0.2, 0.25) is 0 Å². The molecule has 0 unspecified atom stereocenters. The molecule has 0 aliphatic heterocycles. The molecule has 0 spiro atoms. The summed E-state index contributed by atoms with van der Waals surface area (Å²) in [4.78, 5) is 30.7. The fourth-order valence-electron chi connectivity index (χ4n) is 2.72. The third-order valence-corrected chi connectivity index (χ3v) is 5.06. The van der Waals surface area contributed by atoms with Gasteiger partial charge in [-0.05, 0) is 38.2 Å². The zero-order chi connectivity index (χ0) is 14.3. The Bertz CT molecular complexity index is 732. The van der Waals surface area contributed by atoms with Gasteiger partial charge in [0, 0.05) is 4.88 Å². The second kappa shape index (κ2) is 5.01. The SMILES string of the molecule is COC(=O)[C@@H](C)n1cnc2sc3c(c2c1=O)CCCC3. The van der Waals surface area contributed by atoms with Gasteiger partial charge in [0.05, 0.1) is 18.8 Å². The third-order valence-electron chi connectivity index (χ3n) is 3.86. The summed E-state index contributed by atoms with van der Waals surface area (Å²) < 4.78 is 6.07. The summed E-state index contributed by atoms with van der Waals surface area (Å²) in [5.74, 6) is -0.433. The number of aromatic nitrogens is 2. The van der Waals surface area contributed by atoms with Gasteiger partial charge in [0.15, 0.2) is 0 Å². The Kier molecular flexibility index (Phi) is 3.33. The quantitative estimate of drug-likeness (QED) is 0.795. The lowest BCUT2D eigenvalue weighted by atomic mass is 9.97. The Morgan fingerprint density at radius 2 is 2.20 bits per heavy atom. The molecule has 1 aliphatic carbocycles. The van der Waals surface area contributed by atoms with Crippen molar-refractivity contribution in [1.29, 1.82) is 0 Å². The average molecular weight is 292 g/mol. The lowest BCUT2D eigenvalue weighted by molar-refractivity contribution is -0.144. The molecule has 3 rings (SSSR count). The minimum atomic E-state index is -0.649. The maximum Gasteiger partial charge on any atom is 0.328 e. The molecule has 0 N–H and O–H groups in total. The van der Waals surface area contributed by atoms with E-state index in [1.165, 1.54) is 29.3 Å². The first-order valence-electron chi connectivity index (χ1n) is 6.72. The van der Waals surface area contributed by atoms with Crippen molar-refractivity contribution < 1.29 is 9.53 Å². The van der Waals surface area contributed by atoms with Crippen LogP contribution in [0.25, 0.3) is 10.2 Å². The number of carbonyl (C=O) groups excluding carboxylic acids is 1. The molecule has 6 heteroatoms. The topological polar surface area (TPSA) is 61.2 Å². The fraction of sp³-hybridized carbons (Fsp3) is 0.500. The first kappa shape index (κ1) is 13.3. The zero-order valence-corrected chi connectivity index (χ0v) is 12.3. The summed E-state index contributed by atoms with van der Waals surface area (Å²) in [6.45, 7) is 1.65. The Morgan fingerprint density at radius 3 is 2.95 bits per heavy atom. The Labute approximate surface area is 120 Å². The number of hydrogen-bond donors (Lipinski definition) is 0. The van der Waals surface area contributed by atoms with E-state index in [-0.39, 0.29) is 5.56 Å². The number of ether oxygens (including phenoxy) is 1. The van der Waals surface area contributed by atoms with E-state index >= 15 is 0 Å². The second-order valence-electron chi connectivity index (χ2n) is 5.05. The number of rotatable bonds is 2. The number of esters is 1. The van der Waals surface area contributed by atoms with Gasteiger partial charge >= 0.3 is 5.97 Å². The van der Waals surface area contributed by atoms with Crippen LogP contribution in [0.5, 0.6) is 0 Å². The minimum Gasteiger partial charge on any atom is -0.467 e. The summed E-state index contributed by atoms with van der Waals surface area (Å²) in [6.07, 6.45) is 5.70. The van der Waals surface area contributed by atoms with Crippen molar-refractivity contribution in [3.8, 4) is 0 Å². The van der Waals surface area contributed by atoms with E-state index in [2.05, 4.69) is 4.98 Å². The van der Waals surface area contributed by atoms with Crippen LogP contribution in [0.3, 0.4) is 0 Å². The van der Waals surface area contributed by atoms with Gasteiger partial charge in [-0.3, -0.25) is 9.36 Å². The van der Waals surface area contributed by atoms with Gasteiger partial charge in [-0.25, -0.2) is 9.78 Å². The molecule has 0 amide bonds. The zero-order valence-electron chi connectivity index (χ0n) is 11.5. The molecule has 0 radical (unpaired) electrons. The highest BCUT2D eigenvalue weighted by Crippen LogP contribution is 2.33. The molecule has 106 valence electrons. The van der Waals surface area contributed by atoms with E-state index in [4.69, 9.17) is 4.74 Å². The Morgan fingerprint density at radius 1 is 1.45 bits per heavy atom. The van der Waals surface area contributed by atoms with Gasteiger partial charge in [-0.1, -0.05) is 0 Å². The number of fused-ring (bicyclic) bond motifs is 3. The number of aryl methyl sites for hydroxylation is 2. The summed E-state index contributed by atoms with van der Waals surface area (Å²) in [7, 11) is 1.32. The normalized spacial score (nSPS) is 15.9. The number of carbonyl (C=O) groups is 1. The van der Waals surface area contributed by atoms with Crippen LogP contribution >= 0.6 is 11.3 Å². The van der Waals surface area contributed by atoms with Crippen molar-refractivity contribution in [1.82, 2.24) is 9.55 Å². The molecule has 20 heavy (non-hydrogen) atoms. The van der Waals surface area contributed by atoms with Crippen LogP contribution < -0.4 is 5.56 Å². The molecule has 0 fully saturated rings. The van der Waals surface area contributed by atoms with Crippen LogP contribution in [0, 0.1) is 0 Å². The van der Waals surface area contributed by atoms with Gasteiger partial charge in [-0.2, -0.15) is 0 Å². The summed E-state index contributed by atoms with van der Waals surface area (Å²) in [5.41, 5.74) is 1.01. The predicted octanol–water partition coefficient (Wildman–Crippen LogP) is 2.07. The van der Waals surface area contributed by atoms with Gasteiger partial charge < -0.3 is 4.74 Å². The van der Waals surface area contributed by atoms with Crippen LogP contribution in [0.1, 0.15) is 36.2 Å². The van der Waals surface area contributed by atoms with Crippen molar-refractivity contribution in [3.05, 3.63) is 27.1 Å². The highest BCUT2D eigenvalue weighted by atomic mass is 32.1. The first-order valence-corrected chi connectivity index (χ1v) is 7.54. The van der Waals surface area contributed by atoms with Crippen molar-refractivity contribution in [2.45, 2.75) is 38.6 Å². The number of hydrogen-bond acceptors (Lipinski definition) is 5. The molecule has 1 atom stereocenters. The molecular weight excluding hydrogens is 276 g/mol. The van der Waals surface area contributed by atoms with E-state index in [1.807, 2.05) is 0 Å². The highest BCUT2D eigenvalue weighted by molar-refractivity contribution is 7.18. The van der Waals surface area contributed by atoms with E-state index in [0.717, 1.165) is 29.7 Å². The highest BCUT2D eigenvalue weighted by Gasteiger charge is 2.23. The van der Waals surface area contributed by atoms with Crippen molar-refractivity contribution >= 4 is 27.5 Å². The smallest absolute Gasteiger partial charge is 0.328 e. The summed E-state index contributed by atoms with van der Waals surface area (Å²) in [5, 5.41) is 0.697.